The summed E-state index contributed by atoms with van der Waals surface area (Å²) < 4.78 is 11.1. The first kappa shape index (κ1) is 18.4. The van der Waals surface area contributed by atoms with Crippen molar-refractivity contribution in [3.63, 3.8) is 0 Å². The molecule has 0 unspecified atom stereocenters. The van der Waals surface area contributed by atoms with Crippen LogP contribution in [0, 0.1) is 13.8 Å². The van der Waals surface area contributed by atoms with E-state index in [0.717, 1.165) is 11.3 Å². The highest BCUT2D eigenvalue weighted by atomic mass is 127. The smallest absolute Gasteiger partial charge is 0.339 e. The van der Waals surface area contributed by atoms with E-state index in [1.165, 1.54) is 7.11 Å². The zero-order valence-electron chi connectivity index (χ0n) is 12.2. The second-order valence-electron chi connectivity index (χ2n) is 4.41. The summed E-state index contributed by atoms with van der Waals surface area (Å²) in [5.74, 6) is 0.605. The number of aromatic carboxylic acids is 1. The molecule has 1 aromatic rings. The van der Waals surface area contributed by atoms with E-state index in [0.29, 0.717) is 29.2 Å². The Morgan fingerprint density at radius 2 is 1.95 bits per heavy atom. The van der Waals surface area contributed by atoms with Crippen molar-refractivity contribution in [1.82, 2.24) is 0 Å². The minimum Gasteiger partial charge on any atom is -0.496 e. The third-order valence-electron chi connectivity index (χ3n) is 3.24. The van der Waals surface area contributed by atoms with Crippen LogP contribution >= 0.6 is 30.1 Å². The largest absolute Gasteiger partial charge is 0.496 e. The molecule has 5 nitrogen and oxygen atoms in total. The highest BCUT2D eigenvalue weighted by Crippen LogP contribution is 2.39. The van der Waals surface area contributed by atoms with Crippen molar-refractivity contribution in [2.24, 2.45) is 0 Å². The van der Waals surface area contributed by atoms with Crippen molar-refractivity contribution in [1.29, 1.82) is 0 Å². The predicted molar refractivity (Wildman–Crippen MR) is 92.2 cm³/mol. The average Bonchev–Trinajstić information content (AvgIpc) is 2.44. The fourth-order valence-electron chi connectivity index (χ4n) is 2.22. The van der Waals surface area contributed by atoms with Crippen molar-refractivity contribution < 1.29 is 24.5 Å². The molecule has 0 heterocycles. The number of carboxylic acid groups (broad SMARTS) is 1. The molecule has 0 bridgehead atoms. The lowest BCUT2D eigenvalue weighted by atomic mass is 9.95. The van der Waals surface area contributed by atoms with E-state index in [1.54, 1.807) is 15.9 Å². The molecule has 118 valence electrons. The van der Waals surface area contributed by atoms with Gasteiger partial charge in [-0.15, -0.1) is 0 Å². The van der Waals surface area contributed by atoms with Crippen LogP contribution in [0.25, 0.3) is 0 Å². The van der Waals surface area contributed by atoms with E-state index in [2.05, 4.69) is 21.2 Å². The molecule has 0 radical (unpaired) electrons. The van der Waals surface area contributed by atoms with Gasteiger partial charge in [0, 0.05) is 24.3 Å². The van der Waals surface area contributed by atoms with E-state index < -0.39 is 5.97 Å². The number of carboxylic acids is 1. The van der Waals surface area contributed by atoms with Gasteiger partial charge in [-0.05, 0) is 46.2 Å². The second kappa shape index (κ2) is 8.70. The van der Waals surface area contributed by atoms with Gasteiger partial charge in [0.25, 0.3) is 0 Å². The van der Waals surface area contributed by atoms with Gasteiger partial charge in [-0.1, -0.05) is 8.93 Å². The topological polar surface area (TPSA) is 76.0 Å². The van der Waals surface area contributed by atoms with Gasteiger partial charge < -0.3 is 19.7 Å². The number of rotatable bonds is 8. The van der Waals surface area contributed by atoms with Crippen LogP contribution in [0.1, 0.15) is 27.0 Å². The molecule has 2 N–H and O–H groups in total. The molecular formula is C14H19IO5S. The van der Waals surface area contributed by atoms with Crippen LogP contribution in [-0.4, -0.2) is 42.3 Å². The lowest BCUT2D eigenvalue weighted by Gasteiger charge is -2.21. The maximum Gasteiger partial charge on any atom is 0.339 e. The standard InChI is InChI=1S/C14H19IO5S/c1-8-9(2)12(19-3)10(4-5-16)13(11(8)14(17)18)20-6-7-21-15/h16H,4-7H2,1-3H3,(H,17,18). The number of hydrogen-bond donors (Lipinski definition) is 2. The number of hydrogen-bond acceptors (Lipinski definition) is 5. The number of methoxy groups -OCH3 is 1. The molecule has 0 saturated carbocycles. The highest BCUT2D eigenvalue weighted by Gasteiger charge is 2.25. The normalized spacial score (nSPS) is 10.5. The number of aliphatic hydroxyl groups excluding tert-OH is 1. The van der Waals surface area contributed by atoms with E-state index in [1.807, 2.05) is 6.92 Å². The molecule has 0 aliphatic heterocycles. The van der Waals surface area contributed by atoms with Crippen LogP contribution in [0.5, 0.6) is 11.5 Å². The summed E-state index contributed by atoms with van der Waals surface area (Å²) in [7, 11) is 3.12. The molecule has 21 heavy (non-hydrogen) atoms. The molecule has 0 spiro atoms. The van der Waals surface area contributed by atoms with Crippen LogP contribution in [-0.2, 0) is 6.42 Å². The summed E-state index contributed by atoms with van der Waals surface area (Å²) in [5, 5.41) is 18.8. The molecule has 0 amide bonds. The number of carbonyl (C=O) groups is 1. The Kier molecular flexibility index (Phi) is 7.61. The SMILES string of the molecule is COc1c(C)c(C)c(C(=O)O)c(OCCSI)c1CCO. The van der Waals surface area contributed by atoms with Crippen molar-refractivity contribution in [2.45, 2.75) is 20.3 Å². The van der Waals surface area contributed by atoms with Gasteiger partial charge in [-0.25, -0.2) is 4.79 Å². The zero-order chi connectivity index (χ0) is 16.0. The number of aliphatic hydroxyl groups is 1. The number of ether oxygens (including phenoxy) is 2. The summed E-state index contributed by atoms with van der Waals surface area (Å²) in [6, 6.07) is 0. The zero-order valence-corrected chi connectivity index (χ0v) is 15.2. The van der Waals surface area contributed by atoms with Crippen molar-refractivity contribution in [3.05, 3.63) is 22.3 Å². The van der Waals surface area contributed by atoms with Gasteiger partial charge in [0.1, 0.15) is 17.1 Å². The van der Waals surface area contributed by atoms with Gasteiger partial charge in [-0.2, -0.15) is 0 Å². The first-order valence-electron chi connectivity index (χ1n) is 6.40. The Labute approximate surface area is 140 Å². The summed E-state index contributed by atoms with van der Waals surface area (Å²) >= 11 is 2.16. The van der Waals surface area contributed by atoms with Gasteiger partial charge in [0.2, 0.25) is 0 Å². The van der Waals surface area contributed by atoms with Crippen LogP contribution in [0.15, 0.2) is 0 Å². The third-order valence-corrected chi connectivity index (χ3v) is 4.88. The van der Waals surface area contributed by atoms with E-state index in [9.17, 15) is 15.0 Å². The molecule has 0 atom stereocenters. The molecule has 0 aliphatic carbocycles. The first-order chi connectivity index (χ1) is 9.99. The monoisotopic (exact) mass is 426 g/mol. The molecular weight excluding hydrogens is 407 g/mol. The van der Waals surface area contributed by atoms with Crippen LogP contribution in [0.2, 0.25) is 0 Å². The summed E-state index contributed by atoms with van der Waals surface area (Å²) in [6.07, 6.45) is 0.289. The van der Waals surface area contributed by atoms with Gasteiger partial charge in [-0.3, -0.25) is 0 Å². The lowest BCUT2D eigenvalue weighted by Crippen LogP contribution is -2.13. The quantitative estimate of drug-likeness (QED) is 0.492. The van der Waals surface area contributed by atoms with Crippen molar-refractivity contribution >= 4 is 36.1 Å². The predicted octanol–water partition coefficient (Wildman–Crippen LogP) is 3.01. The Hall–Kier alpha value is -0.670. The fourth-order valence-corrected chi connectivity index (χ4v) is 2.90. The molecule has 1 rings (SSSR count). The fraction of sp³-hybridized carbons (Fsp3) is 0.500. The highest BCUT2D eigenvalue weighted by molar-refractivity contribution is 14.2. The summed E-state index contributed by atoms with van der Waals surface area (Å²) in [6.45, 7) is 3.85. The Bertz CT molecular complexity index is 519. The number of benzene rings is 1. The minimum atomic E-state index is -1.03. The molecule has 0 fully saturated rings. The van der Waals surface area contributed by atoms with Gasteiger partial charge >= 0.3 is 5.97 Å². The molecule has 0 saturated heterocycles. The minimum absolute atomic E-state index is 0.102. The number of halogens is 1. The van der Waals surface area contributed by atoms with Gasteiger partial charge in [0.15, 0.2) is 0 Å². The molecule has 1 aromatic carbocycles. The second-order valence-corrected chi connectivity index (χ2v) is 6.90. The maximum atomic E-state index is 11.6. The van der Waals surface area contributed by atoms with Crippen LogP contribution < -0.4 is 9.47 Å². The van der Waals surface area contributed by atoms with E-state index in [4.69, 9.17) is 9.47 Å². The Balaban J connectivity index is 3.50. The summed E-state index contributed by atoms with van der Waals surface area (Å²) in [4.78, 5) is 11.6. The first-order valence-corrected chi connectivity index (χ1v) is 9.92. The molecule has 0 aromatic heterocycles. The molecule has 7 heteroatoms. The Morgan fingerprint density at radius 1 is 1.29 bits per heavy atom. The van der Waals surface area contributed by atoms with Crippen molar-refractivity contribution in [2.75, 3.05) is 26.1 Å². The maximum absolute atomic E-state index is 11.6. The van der Waals surface area contributed by atoms with Crippen LogP contribution in [0.3, 0.4) is 0 Å². The molecule has 0 aliphatic rings. The third kappa shape index (κ3) is 4.17. The van der Waals surface area contributed by atoms with E-state index >= 15 is 0 Å². The lowest BCUT2D eigenvalue weighted by molar-refractivity contribution is 0.0691. The van der Waals surface area contributed by atoms with Crippen LogP contribution in [0.4, 0.5) is 0 Å². The summed E-state index contributed by atoms with van der Waals surface area (Å²) in [5.41, 5.74) is 2.14. The Morgan fingerprint density at radius 3 is 2.43 bits per heavy atom. The van der Waals surface area contributed by atoms with Crippen molar-refractivity contribution in [3.8, 4) is 11.5 Å². The van der Waals surface area contributed by atoms with Gasteiger partial charge in [0.05, 0.1) is 13.7 Å². The van der Waals surface area contributed by atoms with E-state index in [-0.39, 0.29) is 18.6 Å². The average molecular weight is 426 g/mol.